The van der Waals surface area contributed by atoms with Crippen LogP contribution in [0, 0.1) is 10.1 Å². The third-order valence-corrected chi connectivity index (χ3v) is 6.16. The maximum absolute atomic E-state index is 13.0. The van der Waals surface area contributed by atoms with Crippen LogP contribution in [0.4, 0.5) is 5.69 Å². The summed E-state index contributed by atoms with van der Waals surface area (Å²) in [5.41, 5.74) is 5.28. The Bertz CT molecular complexity index is 1520. The van der Waals surface area contributed by atoms with Crippen molar-refractivity contribution in [1.29, 1.82) is 0 Å². The molecule has 3 heterocycles. The van der Waals surface area contributed by atoms with E-state index in [4.69, 9.17) is 0 Å². The first-order valence-electron chi connectivity index (χ1n) is 11.5. The van der Waals surface area contributed by atoms with E-state index in [1.165, 1.54) is 6.07 Å². The molecule has 178 valence electrons. The molecule has 5 aromatic rings. The van der Waals surface area contributed by atoms with Crippen molar-refractivity contribution < 1.29 is 9.72 Å². The molecule has 2 aromatic carbocycles. The number of aromatic amines is 1. The molecule has 8 heteroatoms. The van der Waals surface area contributed by atoms with Gasteiger partial charge < -0.3 is 10.3 Å². The van der Waals surface area contributed by atoms with Crippen LogP contribution in [0.1, 0.15) is 29.0 Å². The number of H-pyrrole nitrogens is 1. The molecular formula is C28H23N5O3. The largest absolute Gasteiger partial charge is 0.361 e. The fourth-order valence-corrected chi connectivity index (χ4v) is 4.35. The second kappa shape index (κ2) is 10.2. The summed E-state index contributed by atoms with van der Waals surface area (Å²) in [5, 5.41) is 15.3. The van der Waals surface area contributed by atoms with Crippen LogP contribution in [-0.4, -0.2) is 25.8 Å². The molecule has 2 N–H and O–H groups in total. The van der Waals surface area contributed by atoms with Crippen LogP contribution in [0.5, 0.6) is 0 Å². The Kier molecular flexibility index (Phi) is 6.48. The van der Waals surface area contributed by atoms with Crippen LogP contribution in [-0.2, 0) is 11.3 Å². The van der Waals surface area contributed by atoms with Gasteiger partial charge in [0.1, 0.15) is 0 Å². The molecule has 0 aliphatic heterocycles. The van der Waals surface area contributed by atoms with Gasteiger partial charge in [-0.25, -0.2) is 0 Å². The van der Waals surface area contributed by atoms with Gasteiger partial charge in [-0.3, -0.25) is 24.9 Å². The minimum atomic E-state index is -0.418. The molecule has 5 rings (SSSR count). The monoisotopic (exact) mass is 477 g/mol. The highest BCUT2D eigenvalue weighted by Crippen LogP contribution is 2.36. The normalized spacial score (nSPS) is 11.8. The summed E-state index contributed by atoms with van der Waals surface area (Å²) in [7, 11) is 0. The van der Waals surface area contributed by atoms with Crippen molar-refractivity contribution in [3.8, 4) is 11.3 Å². The zero-order chi connectivity index (χ0) is 24.9. The summed E-state index contributed by atoms with van der Waals surface area (Å²) in [6.45, 7) is 0.379. The zero-order valence-electron chi connectivity index (χ0n) is 19.3. The summed E-state index contributed by atoms with van der Waals surface area (Å²) in [4.78, 5) is 35.8. The summed E-state index contributed by atoms with van der Waals surface area (Å²) in [5.74, 6) is -0.528. The molecule has 8 nitrogen and oxygen atoms in total. The van der Waals surface area contributed by atoms with E-state index in [1.54, 1.807) is 30.7 Å². The number of carbonyl (C=O) groups excluding carboxylic acids is 1. The third kappa shape index (κ3) is 4.97. The molecule has 0 aliphatic rings. The number of rotatable bonds is 8. The van der Waals surface area contributed by atoms with Crippen LogP contribution in [0.2, 0.25) is 0 Å². The summed E-state index contributed by atoms with van der Waals surface area (Å²) in [6, 6.07) is 22.0. The van der Waals surface area contributed by atoms with Crippen molar-refractivity contribution in [2.45, 2.75) is 18.9 Å². The lowest BCUT2D eigenvalue weighted by Gasteiger charge is -2.17. The van der Waals surface area contributed by atoms with Crippen LogP contribution in [0.3, 0.4) is 0 Å². The number of hydrogen-bond donors (Lipinski definition) is 2. The van der Waals surface area contributed by atoms with E-state index in [2.05, 4.69) is 20.3 Å². The van der Waals surface area contributed by atoms with Gasteiger partial charge in [0.05, 0.1) is 10.6 Å². The number of benzene rings is 2. The van der Waals surface area contributed by atoms with Crippen LogP contribution in [0.15, 0.2) is 97.6 Å². The summed E-state index contributed by atoms with van der Waals surface area (Å²) >= 11 is 0. The maximum atomic E-state index is 13.0. The first kappa shape index (κ1) is 22.9. The van der Waals surface area contributed by atoms with E-state index >= 15 is 0 Å². The van der Waals surface area contributed by atoms with E-state index in [-0.39, 0.29) is 23.9 Å². The number of nitro benzene ring substituents is 1. The van der Waals surface area contributed by atoms with Crippen LogP contribution >= 0.6 is 0 Å². The van der Waals surface area contributed by atoms with Crippen molar-refractivity contribution >= 4 is 22.5 Å². The van der Waals surface area contributed by atoms with Gasteiger partial charge >= 0.3 is 0 Å². The van der Waals surface area contributed by atoms with Crippen molar-refractivity contribution in [3.63, 3.8) is 0 Å². The van der Waals surface area contributed by atoms with Crippen LogP contribution in [0.25, 0.3) is 22.2 Å². The molecule has 0 spiro atoms. The number of hydrogen-bond acceptors (Lipinski definition) is 5. The molecule has 1 atom stereocenters. The Labute approximate surface area is 207 Å². The second-order valence-corrected chi connectivity index (χ2v) is 8.46. The molecule has 3 aromatic heterocycles. The van der Waals surface area contributed by atoms with E-state index in [0.717, 1.165) is 33.3 Å². The Hall–Kier alpha value is -4.85. The standard InChI is InChI=1S/C28H23N5O3/c34-28(32-17-19-9-12-29-13-10-19)16-24(20-4-3-5-22(14-20)33(35)36)25-18-31-27-15-21(7-8-23(25)27)26-6-1-2-11-30-26/h1-15,18,24,31H,16-17H2,(H,32,34). The lowest BCUT2D eigenvalue weighted by atomic mass is 9.87. The lowest BCUT2D eigenvalue weighted by Crippen LogP contribution is -2.25. The van der Waals surface area contributed by atoms with Crippen molar-refractivity contribution in [3.05, 3.63) is 124 Å². The van der Waals surface area contributed by atoms with Gasteiger partial charge in [-0.2, -0.15) is 0 Å². The van der Waals surface area contributed by atoms with Gasteiger partial charge in [-0.1, -0.05) is 30.3 Å². The molecule has 36 heavy (non-hydrogen) atoms. The first-order chi connectivity index (χ1) is 17.6. The van der Waals surface area contributed by atoms with Crippen LogP contribution < -0.4 is 5.32 Å². The van der Waals surface area contributed by atoms with E-state index in [0.29, 0.717) is 12.1 Å². The average molecular weight is 478 g/mol. The number of aromatic nitrogens is 3. The molecule has 1 amide bonds. The summed E-state index contributed by atoms with van der Waals surface area (Å²) in [6.07, 6.45) is 7.13. The summed E-state index contributed by atoms with van der Waals surface area (Å²) < 4.78 is 0. The molecule has 1 unspecified atom stereocenters. The molecule has 0 aliphatic carbocycles. The minimum absolute atomic E-state index is 0.00743. The molecule has 0 saturated carbocycles. The molecular weight excluding hydrogens is 454 g/mol. The fraction of sp³-hybridized carbons (Fsp3) is 0.107. The van der Waals surface area contributed by atoms with Gasteiger partial charge in [-0.05, 0) is 47.0 Å². The Morgan fingerprint density at radius 2 is 1.86 bits per heavy atom. The number of pyridine rings is 2. The molecule has 0 bridgehead atoms. The average Bonchev–Trinajstić information content (AvgIpc) is 3.35. The number of carbonyl (C=O) groups is 1. The molecule has 0 radical (unpaired) electrons. The number of amides is 1. The Morgan fingerprint density at radius 3 is 2.64 bits per heavy atom. The van der Waals surface area contributed by atoms with Gasteiger partial charge in [0.2, 0.25) is 5.91 Å². The number of non-ortho nitro benzene ring substituents is 1. The van der Waals surface area contributed by atoms with Gasteiger partial charge in [0.15, 0.2) is 0 Å². The zero-order valence-corrected chi connectivity index (χ0v) is 19.3. The SMILES string of the molecule is O=C(CC(c1cccc([N+](=O)[O-])c1)c1c[nH]c2cc(-c3ccccn3)ccc12)NCc1ccncc1. The van der Waals surface area contributed by atoms with Crippen molar-refractivity contribution in [1.82, 2.24) is 20.3 Å². The van der Waals surface area contributed by atoms with E-state index < -0.39 is 4.92 Å². The maximum Gasteiger partial charge on any atom is 0.269 e. The highest BCUT2D eigenvalue weighted by atomic mass is 16.6. The Morgan fingerprint density at radius 1 is 1.00 bits per heavy atom. The topological polar surface area (TPSA) is 114 Å². The highest BCUT2D eigenvalue weighted by Gasteiger charge is 2.23. The quantitative estimate of drug-likeness (QED) is 0.230. The minimum Gasteiger partial charge on any atom is -0.361 e. The predicted molar refractivity (Wildman–Crippen MR) is 137 cm³/mol. The predicted octanol–water partition coefficient (Wildman–Crippen LogP) is 5.37. The fourth-order valence-electron chi connectivity index (χ4n) is 4.35. The van der Waals surface area contributed by atoms with Gasteiger partial charge in [-0.15, -0.1) is 0 Å². The van der Waals surface area contributed by atoms with E-state index in [1.807, 2.05) is 60.8 Å². The number of nitrogens with zero attached hydrogens (tertiary/aromatic N) is 3. The van der Waals surface area contributed by atoms with Gasteiger partial charge in [0, 0.05) is 72.3 Å². The Balaban J connectivity index is 1.48. The smallest absolute Gasteiger partial charge is 0.269 e. The number of fused-ring (bicyclic) bond motifs is 1. The first-order valence-corrected chi connectivity index (χ1v) is 11.5. The molecule has 0 fully saturated rings. The lowest BCUT2D eigenvalue weighted by molar-refractivity contribution is -0.384. The molecule has 0 saturated heterocycles. The number of nitro groups is 1. The second-order valence-electron chi connectivity index (χ2n) is 8.46. The highest BCUT2D eigenvalue weighted by molar-refractivity contribution is 5.89. The van der Waals surface area contributed by atoms with Crippen molar-refractivity contribution in [2.75, 3.05) is 0 Å². The van der Waals surface area contributed by atoms with Gasteiger partial charge in [0.25, 0.3) is 5.69 Å². The number of nitrogens with one attached hydrogen (secondary N) is 2. The third-order valence-electron chi connectivity index (χ3n) is 6.16. The van der Waals surface area contributed by atoms with E-state index in [9.17, 15) is 14.9 Å². The van der Waals surface area contributed by atoms with Crippen molar-refractivity contribution in [2.24, 2.45) is 0 Å².